The first-order chi connectivity index (χ1) is 14.6. The number of hydrogen-bond acceptors (Lipinski definition) is 3. The fourth-order valence-electron chi connectivity index (χ4n) is 4.53. The number of hydrogen-bond donors (Lipinski definition) is 3. The van der Waals surface area contributed by atoms with Gasteiger partial charge in [0.05, 0.1) is 0 Å². The third-order valence-electron chi connectivity index (χ3n) is 6.22. The average Bonchev–Trinajstić information content (AvgIpc) is 3.20. The molecule has 4 rings (SSSR count). The molecule has 1 aliphatic rings. The molecule has 0 atom stereocenters. The van der Waals surface area contributed by atoms with E-state index in [1.807, 2.05) is 48.7 Å². The highest BCUT2D eigenvalue weighted by Crippen LogP contribution is 2.38. The number of fused-ring (bicyclic) bond motifs is 1. The van der Waals surface area contributed by atoms with Crippen LogP contribution in [0.25, 0.3) is 10.9 Å². The Kier molecular flexibility index (Phi) is 5.84. The summed E-state index contributed by atoms with van der Waals surface area (Å²) in [6.45, 7) is 0.452. The zero-order valence-electron chi connectivity index (χ0n) is 17.0. The van der Waals surface area contributed by atoms with Crippen LogP contribution in [0.3, 0.4) is 0 Å². The Bertz CT molecular complexity index is 1020. The maximum absolute atomic E-state index is 13.0. The molecule has 2 heterocycles. The number of rotatable bonds is 7. The predicted molar refractivity (Wildman–Crippen MR) is 116 cm³/mol. The first-order valence-corrected chi connectivity index (χ1v) is 10.5. The van der Waals surface area contributed by atoms with E-state index < -0.39 is 11.8 Å². The molecule has 0 aliphatic heterocycles. The van der Waals surface area contributed by atoms with Crippen LogP contribution in [0.1, 0.15) is 43.4 Å². The average molecular weight is 404 g/mol. The Morgan fingerprint density at radius 2 is 1.83 bits per heavy atom. The molecule has 1 fully saturated rings. The molecular weight excluding hydrogens is 376 g/mol. The Hall–Kier alpha value is -3.15. The van der Waals surface area contributed by atoms with Crippen molar-refractivity contribution in [3.63, 3.8) is 0 Å². The molecule has 2 aromatic heterocycles. The standard InChI is InChI=1S/C24H27N4O2/c25-22(29)19(14-17-15-27-20-9-3-2-8-18(17)20)23(30)28-16-24(11-5-1-6-12-24)21-10-4-7-13-26-21/h2-4,7-10,13,15,27H,1,5-6,11-12,14,16H2,(H2,25,29)(H,28,30). The van der Waals surface area contributed by atoms with Crippen LogP contribution in [0.15, 0.2) is 54.9 Å². The van der Waals surface area contributed by atoms with E-state index in [-0.39, 0.29) is 17.8 Å². The van der Waals surface area contributed by atoms with Crippen molar-refractivity contribution in [3.05, 3.63) is 72.0 Å². The zero-order chi connectivity index (χ0) is 21.0. The summed E-state index contributed by atoms with van der Waals surface area (Å²) in [6.07, 6.45) is 9.17. The van der Waals surface area contributed by atoms with Gasteiger partial charge in [-0.2, -0.15) is 0 Å². The summed E-state index contributed by atoms with van der Waals surface area (Å²) in [4.78, 5) is 32.8. The van der Waals surface area contributed by atoms with Gasteiger partial charge < -0.3 is 16.0 Å². The number of H-pyrrole nitrogens is 1. The van der Waals surface area contributed by atoms with Gasteiger partial charge in [-0.15, -0.1) is 0 Å². The number of amides is 2. The second-order valence-corrected chi connectivity index (χ2v) is 8.12. The third kappa shape index (κ3) is 4.08. The Morgan fingerprint density at radius 1 is 1.07 bits per heavy atom. The highest BCUT2D eigenvalue weighted by atomic mass is 16.2. The van der Waals surface area contributed by atoms with E-state index in [1.165, 1.54) is 6.42 Å². The van der Waals surface area contributed by atoms with Crippen LogP contribution in [0.5, 0.6) is 0 Å². The summed E-state index contributed by atoms with van der Waals surface area (Å²) in [7, 11) is 0. The third-order valence-corrected chi connectivity index (χ3v) is 6.22. The van der Waals surface area contributed by atoms with Crippen LogP contribution in [-0.2, 0) is 21.4 Å². The highest BCUT2D eigenvalue weighted by molar-refractivity contribution is 6.14. The molecular formula is C24H27N4O2. The number of nitrogens with two attached hydrogens (primary N) is 1. The minimum absolute atomic E-state index is 0.0757. The first kappa shape index (κ1) is 20.1. The van der Waals surface area contributed by atoms with Crippen molar-refractivity contribution < 1.29 is 9.59 Å². The summed E-state index contributed by atoms with van der Waals surface area (Å²) in [5.74, 6) is -1.01. The van der Waals surface area contributed by atoms with E-state index >= 15 is 0 Å². The van der Waals surface area contributed by atoms with Gasteiger partial charge in [0.15, 0.2) is 5.92 Å². The number of para-hydroxylation sites is 1. The molecule has 0 spiro atoms. The quantitative estimate of drug-likeness (QED) is 0.528. The smallest absolute Gasteiger partial charge is 0.237 e. The molecule has 1 saturated carbocycles. The van der Waals surface area contributed by atoms with Crippen LogP contribution in [0.2, 0.25) is 0 Å². The molecule has 155 valence electrons. The van der Waals surface area contributed by atoms with Crippen LogP contribution >= 0.6 is 0 Å². The monoisotopic (exact) mass is 403 g/mol. The van der Waals surface area contributed by atoms with E-state index in [0.717, 1.165) is 47.8 Å². The molecule has 0 bridgehead atoms. The van der Waals surface area contributed by atoms with Crippen molar-refractivity contribution in [3.8, 4) is 0 Å². The molecule has 1 radical (unpaired) electrons. The molecule has 0 saturated heterocycles. The van der Waals surface area contributed by atoms with Crippen molar-refractivity contribution in [1.82, 2.24) is 15.3 Å². The fourth-order valence-corrected chi connectivity index (χ4v) is 4.53. The van der Waals surface area contributed by atoms with Gasteiger partial charge in [0, 0.05) is 41.0 Å². The van der Waals surface area contributed by atoms with Crippen molar-refractivity contribution >= 4 is 22.7 Å². The van der Waals surface area contributed by atoms with Gasteiger partial charge >= 0.3 is 0 Å². The minimum Gasteiger partial charge on any atom is -0.369 e. The number of carbonyl (C=O) groups is 2. The Balaban J connectivity index is 1.50. The van der Waals surface area contributed by atoms with E-state index in [4.69, 9.17) is 5.73 Å². The summed E-state index contributed by atoms with van der Waals surface area (Å²) >= 11 is 0. The fraction of sp³-hybridized carbons (Fsp3) is 0.333. The number of nitrogens with one attached hydrogen (secondary N) is 2. The molecule has 0 unspecified atom stereocenters. The van der Waals surface area contributed by atoms with Gasteiger partial charge in [-0.05, 0) is 43.0 Å². The minimum atomic E-state index is -0.687. The molecule has 1 aromatic carbocycles. The molecule has 3 aromatic rings. The molecule has 30 heavy (non-hydrogen) atoms. The second kappa shape index (κ2) is 8.69. The summed E-state index contributed by atoms with van der Waals surface area (Å²) in [5.41, 5.74) is 8.25. The second-order valence-electron chi connectivity index (χ2n) is 8.12. The largest absolute Gasteiger partial charge is 0.369 e. The number of aromatic amines is 1. The lowest BCUT2D eigenvalue weighted by Gasteiger charge is -2.37. The molecule has 6 heteroatoms. The lowest BCUT2D eigenvalue weighted by atomic mass is 9.71. The van der Waals surface area contributed by atoms with Crippen LogP contribution in [-0.4, -0.2) is 28.3 Å². The van der Waals surface area contributed by atoms with E-state index in [9.17, 15) is 9.59 Å². The van der Waals surface area contributed by atoms with Crippen LogP contribution < -0.4 is 11.1 Å². The topological polar surface area (TPSA) is 101 Å². The van der Waals surface area contributed by atoms with Crippen molar-refractivity contribution in [2.75, 3.05) is 6.54 Å². The molecule has 1 aliphatic carbocycles. The molecule has 6 nitrogen and oxygen atoms in total. The van der Waals surface area contributed by atoms with Crippen LogP contribution in [0, 0.1) is 5.92 Å². The predicted octanol–water partition coefficient (Wildman–Crippen LogP) is 3.18. The van der Waals surface area contributed by atoms with Crippen molar-refractivity contribution in [2.45, 2.75) is 43.9 Å². The van der Waals surface area contributed by atoms with E-state index in [1.54, 1.807) is 6.20 Å². The lowest BCUT2D eigenvalue weighted by molar-refractivity contribution is -0.125. The molecule has 2 amide bonds. The number of nitrogens with zero attached hydrogens (tertiary/aromatic N) is 1. The number of aromatic nitrogens is 2. The van der Waals surface area contributed by atoms with Crippen molar-refractivity contribution in [1.29, 1.82) is 0 Å². The number of benzene rings is 1. The van der Waals surface area contributed by atoms with Gasteiger partial charge in [0.2, 0.25) is 11.8 Å². The lowest BCUT2D eigenvalue weighted by Crippen LogP contribution is -2.46. The van der Waals surface area contributed by atoms with Gasteiger partial charge in [0.1, 0.15) is 0 Å². The number of pyridine rings is 1. The Labute approximate surface area is 176 Å². The zero-order valence-corrected chi connectivity index (χ0v) is 17.0. The summed E-state index contributed by atoms with van der Waals surface area (Å²) < 4.78 is 0. The normalized spacial score (nSPS) is 15.9. The SMILES string of the molecule is NC(=O)[C](Cc1c[nH]c2ccccc12)C(=O)NCC1(c2ccccn2)CCCCC1. The first-order valence-electron chi connectivity index (χ1n) is 10.5. The van der Waals surface area contributed by atoms with E-state index in [2.05, 4.69) is 15.3 Å². The van der Waals surface area contributed by atoms with Gasteiger partial charge in [-0.1, -0.05) is 43.5 Å². The van der Waals surface area contributed by atoms with E-state index in [0.29, 0.717) is 6.54 Å². The summed E-state index contributed by atoms with van der Waals surface area (Å²) in [5, 5.41) is 3.99. The number of primary amides is 1. The van der Waals surface area contributed by atoms with Gasteiger partial charge in [0.25, 0.3) is 0 Å². The maximum atomic E-state index is 13.0. The van der Waals surface area contributed by atoms with Crippen molar-refractivity contribution in [2.24, 2.45) is 5.73 Å². The van der Waals surface area contributed by atoms with Crippen LogP contribution in [0.4, 0.5) is 0 Å². The Morgan fingerprint density at radius 3 is 2.57 bits per heavy atom. The number of carbonyl (C=O) groups excluding carboxylic acids is 2. The molecule has 4 N–H and O–H groups in total. The highest BCUT2D eigenvalue weighted by Gasteiger charge is 2.37. The summed E-state index contributed by atoms with van der Waals surface area (Å²) in [6, 6.07) is 13.7. The van der Waals surface area contributed by atoms with Gasteiger partial charge in [-0.25, -0.2) is 0 Å². The maximum Gasteiger partial charge on any atom is 0.237 e. The van der Waals surface area contributed by atoms with Gasteiger partial charge in [-0.3, -0.25) is 14.6 Å².